The van der Waals surface area contributed by atoms with Gasteiger partial charge in [0, 0.05) is 27.1 Å². The Morgan fingerprint density at radius 1 is 0.577 bits per heavy atom. The van der Waals surface area contributed by atoms with E-state index < -0.39 is 0 Å². The summed E-state index contributed by atoms with van der Waals surface area (Å²) in [4.78, 5) is 3.70. The van der Waals surface area contributed by atoms with Crippen LogP contribution >= 0.6 is 0 Å². The Labute approximate surface area is 150 Å². The van der Waals surface area contributed by atoms with Crippen LogP contribution in [0.3, 0.4) is 0 Å². The molecule has 5 aromatic carbocycles. The minimum Gasteiger partial charge on any atom is -0.354 e. The molecule has 0 saturated heterocycles. The van der Waals surface area contributed by atoms with Gasteiger partial charge in [-0.15, -0.1) is 0 Å². The first-order valence-electron chi connectivity index (χ1n) is 9.05. The highest BCUT2D eigenvalue weighted by molar-refractivity contribution is 6.36. The van der Waals surface area contributed by atoms with Crippen LogP contribution in [0, 0.1) is 6.92 Å². The molecule has 6 rings (SSSR count). The first-order valence-corrected chi connectivity index (χ1v) is 9.05. The highest BCUT2D eigenvalue weighted by Crippen LogP contribution is 2.42. The number of fused-ring (bicyclic) bond motifs is 10. The molecule has 1 aromatic heterocycles. The van der Waals surface area contributed by atoms with Gasteiger partial charge in [0.25, 0.3) is 0 Å². The van der Waals surface area contributed by atoms with Gasteiger partial charge in [-0.2, -0.15) is 0 Å². The van der Waals surface area contributed by atoms with Gasteiger partial charge in [0.15, 0.2) is 0 Å². The van der Waals surface area contributed by atoms with Gasteiger partial charge < -0.3 is 4.98 Å². The van der Waals surface area contributed by atoms with E-state index in [4.69, 9.17) is 0 Å². The Bertz CT molecular complexity index is 1480. The molecule has 1 nitrogen and oxygen atoms in total. The van der Waals surface area contributed by atoms with E-state index in [0.717, 1.165) is 0 Å². The lowest BCUT2D eigenvalue weighted by molar-refractivity contribution is 1.51. The summed E-state index contributed by atoms with van der Waals surface area (Å²) in [5.41, 5.74) is 3.73. The third-order valence-electron chi connectivity index (χ3n) is 5.62. The molecule has 0 fully saturated rings. The van der Waals surface area contributed by atoms with Gasteiger partial charge in [0.1, 0.15) is 0 Å². The molecule has 0 bridgehead atoms. The van der Waals surface area contributed by atoms with Crippen LogP contribution in [0.5, 0.6) is 0 Å². The monoisotopic (exact) mass is 331 g/mol. The largest absolute Gasteiger partial charge is 0.354 e. The average Bonchev–Trinajstić information content (AvgIpc) is 3.07. The number of hydrogen-bond acceptors (Lipinski definition) is 0. The number of rotatable bonds is 0. The molecule has 1 heterocycles. The van der Waals surface area contributed by atoms with Crippen LogP contribution in [0.2, 0.25) is 0 Å². The Morgan fingerprint density at radius 2 is 1.35 bits per heavy atom. The van der Waals surface area contributed by atoms with E-state index in [1.54, 1.807) is 0 Å². The van der Waals surface area contributed by atoms with Crippen molar-refractivity contribution in [1.82, 2.24) is 4.98 Å². The van der Waals surface area contributed by atoms with E-state index >= 15 is 0 Å². The van der Waals surface area contributed by atoms with E-state index in [0.29, 0.717) is 0 Å². The molecule has 1 heteroatoms. The minimum atomic E-state index is 1.20. The minimum absolute atomic E-state index is 1.20. The summed E-state index contributed by atoms with van der Waals surface area (Å²) < 4.78 is 0. The van der Waals surface area contributed by atoms with Gasteiger partial charge in [-0.05, 0) is 34.5 Å². The second kappa shape index (κ2) is 4.86. The standard InChI is InChI=1S/C25H17N/c1-15-10-12-19-21(14-15)18-13-11-16-6-2-3-7-17(16)23(18)24-20-8-4-5-9-22(20)26-25(19)24/h2-14,26H,1H3. The predicted octanol–water partition coefficient (Wildman–Crippen LogP) is 7.09. The van der Waals surface area contributed by atoms with Crippen molar-refractivity contribution in [1.29, 1.82) is 0 Å². The lowest BCUT2D eigenvalue weighted by Gasteiger charge is -2.11. The Hall–Kier alpha value is -3.32. The maximum atomic E-state index is 3.70. The fourth-order valence-electron chi connectivity index (χ4n) is 4.47. The van der Waals surface area contributed by atoms with Crippen molar-refractivity contribution < 1.29 is 0 Å². The number of aryl methyl sites for hydroxylation is 1. The zero-order chi connectivity index (χ0) is 17.3. The van der Waals surface area contributed by atoms with Crippen LogP contribution in [0.25, 0.3) is 54.1 Å². The van der Waals surface area contributed by atoms with Crippen LogP contribution in [0.1, 0.15) is 5.56 Å². The Morgan fingerprint density at radius 3 is 2.27 bits per heavy atom. The van der Waals surface area contributed by atoms with Crippen LogP contribution in [-0.2, 0) is 0 Å². The molecule has 6 aromatic rings. The number of aromatic amines is 1. The zero-order valence-electron chi connectivity index (χ0n) is 14.5. The van der Waals surface area contributed by atoms with Gasteiger partial charge in [-0.1, -0.05) is 78.4 Å². The molecular formula is C25H17N. The molecule has 0 unspecified atom stereocenters. The quantitative estimate of drug-likeness (QED) is 0.286. The highest BCUT2D eigenvalue weighted by Gasteiger charge is 2.15. The van der Waals surface area contributed by atoms with Crippen molar-refractivity contribution in [2.45, 2.75) is 6.92 Å². The summed E-state index contributed by atoms with van der Waals surface area (Å²) in [6, 6.07) is 28.7. The molecule has 0 amide bonds. The van der Waals surface area contributed by atoms with Crippen LogP contribution in [0.15, 0.2) is 78.9 Å². The second-order valence-corrected chi connectivity index (χ2v) is 7.18. The summed E-state index contributed by atoms with van der Waals surface area (Å²) in [5.74, 6) is 0. The number of para-hydroxylation sites is 1. The summed E-state index contributed by atoms with van der Waals surface area (Å²) >= 11 is 0. The number of nitrogens with one attached hydrogen (secondary N) is 1. The molecule has 1 N–H and O–H groups in total. The van der Waals surface area contributed by atoms with Crippen molar-refractivity contribution in [3.8, 4) is 0 Å². The molecule has 26 heavy (non-hydrogen) atoms. The molecule has 0 saturated carbocycles. The maximum absolute atomic E-state index is 3.70. The van der Waals surface area contributed by atoms with Gasteiger partial charge >= 0.3 is 0 Å². The van der Waals surface area contributed by atoms with E-state index in [1.165, 1.54) is 59.7 Å². The van der Waals surface area contributed by atoms with Crippen LogP contribution in [0.4, 0.5) is 0 Å². The molecule has 0 radical (unpaired) electrons. The summed E-state index contributed by atoms with van der Waals surface area (Å²) in [6.45, 7) is 2.17. The average molecular weight is 331 g/mol. The van der Waals surface area contributed by atoms with E-state index in [2.05, 4.69) is 90.8 Å². The van der Waals surface area contributed by atoms with Gasteiger partial charge in [0.05, 0.1) is 5.52 Å². The third kappa shape index (κ3) is 1.70. The normalized spacial score (nSPS) is 12.0. The Balaban J connectivity index is 2.07. The smallest absolute Gasteiger partial charge is 0.0551 e. The zero-order valence-corrected chi connectivity index (χ0v) is 14.5. The van der Waals surface area contributed by atoms with Crippen molar-refractivity contribution in [3.63, 3.8) is 0 Å². The first-order chi connectivity index (χ1) is 12.8. The van der Waals surface area contributed by atoms with Crippen LogP contribution in [-0.4, -0.2) is 4.98 Å². The SMILES string of the molecule is Cc1ccc2c(c1)c1ccc3ccccc3c1c1c3ccccc3[nH]c21. The van der Waals surface area contributed by atoms with Crippen molar-refractivity contribution in [3.05, 3.63) is 84.4 Å². The van der Waals surface area contributed by atoms with E-state index in [9.17, 15) is 0 Å². The van der Waals surface area contributed by atoms with E-state index in [-0.39, 0.29) is 0 Å². The predicted molar refractivity (Wildman–Crippen MR) is 113 cm³/mol. The van der Waals surface area contributed by atoms with Gasteiger partial charge in [-0.3, -0.25) is 0 Å². The number of hydrogen-bond donors (Lipinski definition) is 1. The number of H-pyrrole nitrogens is 1. The maximum Gasteiger partial charge on any atom is 0.0551 e. The topological polar surface area (TPSA) is 15.8 Å². The number of aromatic nitrogens is 1. The van der Waals surface area contributed by atoms with Crippen molar-refractivity contribution in [2.24, 2.45) is 0 Å². The summed E-state index contributed by atoms with van der Waals surface area (Å²) in [6.07, 6.45) is 0. The highest BCUT2D eigenvalue weighted by atomic mass is 14.7. The van der Waals surface area contributed by atoms with E-state index in [1.807, 2.05) is 0 Å². The molecule has 122 valence electrons. The molecule has 0 spiro atoms. The Kier molecular flexibility index (Phi) is 2.60. The fraction of sp³-hybridized carbons (Fsp3) is 0.0400. The van der Waals surface area contributed by atoms with Crippen molar-refractivity contribution in [2.75, 3.05) is 0 Å². The number of benzene rings is 5. The first kappa shape index (κ1) is 13.9. The summed E-state index contributed by atoms with van der Waals surface area (Å²) in [7, 11) is 0. The molecule has 0 aliphatic heterocycles. The molecule has 0 aliphatic rings. The third-order valence-corrected chi connectivity index (χ3v) is 5.62. The molecule has 0 aliphatic carbocycles. The van der Waals surface area contributed by atoms with Gasteiger partial charge in [0.2, 0.25) is 0 Å². The summed E-state index contributed by atoms with van der Waals surface area (Å²) in [5, 5.41) is 10.6. The van der Waals surface area contributed by atoms with Crippen LogP contribution < -0.4 is 0 Å². The molecule has 0 atom stereocenters. The second-order valence-electron chi connectivity index (χ2n) is 7.18. The lowest BCUT2D eigenvalue weighted by Crippen LogP contribution is -1.85. The molecular weight excluding hydrogens is 314 g/mol. The fourth-order valence-corrected chi connectivity index (χ4v) is 4.47. The van der Waals surface area contributed by atoms with Gasteiger partial charge in [-0.25, -0.2) is 0 Å². The lowest BCUT2D eigenvalue weighted by atomic mass is 9.92. The van der Waals surface area contributed by atoms with Crippen molar-refractivity contribution >= 4 is 54.1 Å².